The zero-order valence-electron chi connectivity index (χ0n) is 12.7. The molecule has 0 amide bonds. The van der Waals surface area contributed by atoms with Crippen molar-refractivity contribution in [3.8, 4) is 11.3 Å². The number of benzene rings is 2. The van der Waals surface area contributed by atoms with Crippen LogP contribution in [0.5, 0.6) is 0 Å². The predicted octanol–water partition coefficient (Wildman–Crippen LogP) is 4.20. The lowest BCUT2D eigenvalue weighted by Gasteiger charge is -2.03. The van der Waals surface area contributed by atoms with Gasteiger partial charge in [0, 0.05) is 45.5 Å². The Bertz CT molecular complexity index is 1010. The van der Waals surface area contributed by atoms with E-state index >= 15 is 0 Å². The summed E-state index contributed by atoms with van der Waals surface area (Å²) in [5, 5.41) is 2.52. The average molecular weight is 299 g/mol. The fraction of sp³-hybridized carbons (Fsp3) is 0.150. The molecule has 1 aliphatic rings. The molecule has 0 bridgehead atoms. The summed E-state index contributed by atoms with van der Waals surface area (Å²) in [7, 11) is 0. The highest BCUT2D eigenvalue weighted by molar-refractivity contribution is 6.08. The molecule has 1 fully saturated rings. The third kappa shape index (κ3) is 2.05. The molecule has 2 atom stereocenters. The molecular weight excluding hydrogens is 282 g/mol. The van der Waals surface area contributed by atoms with Gasteiger partial charge in [-0.2, -0.15) is 0 Å². The standard InChI is InChI=1S/C20H17N3/c21-17-10-16(17)13-6-8-18(22-11-13)12-5-7-15-14-3-1-2-4-19(14)23-20(15)9-12/h1-9,11,16-17,23H,10,21H2. The van der Waals surface area contributed by atoms with Crippen LogP contribution in [0.15, 0.2) is 60.8 Å². The summed E-state index contributed by atoms with van der Waals surface area (Å²) in [5.41, 5.74) is 11.6. The van der Waals surface area contributed by atoms with Crippen molar-refractivity contribution in [3.05, 3.63) is 66.4 Å². The topological polar surface area (TPSA) is 54.7 Å². The molecule has 2 heterocycles. The van der Waals surface area contributed by atoms with E-state index in [1.807, 2.05) is 6.20 Å². The summed E-state index contributed by atoms with van der Waals surface area (Å²) in [6.07, 6.45) is 3.06. The molecule has 1 aliphatic carbocycles. The highest BCUT2D eigenvalue weighted by Gasteiger charge is 2.34. The Hall–Kier alpha value is -2.65. The van der Waals surface area contributed by atoms with Crippen LogP contribution in [0.1, 0.15) is 17.9 Å². The lowest BCUT2D eigenvalue weighted by molar-refractivity contribution is 0.981. The van der Waals surface area contributed by atoms with Gasteiger partial charge in [0.1, 0.15) is 0 Å². The first-order valence-corrected chi connectivity index (χ1v) is 8.02. The van der Waals surface area contributed by atoms with Crippen molar-refractivity contribution in [1.29, 1.82) is 0 Å². The molecule has 5 rings (SSSR count). The van der Waals surface area contributed by atoms with Gasteiger partial charge in [0.25, 0.3) is 0 Å². The molecule has 3 N–H and O–H groups in total. The second-order valence-corrected chi connectivity index (χ2v) is 6.41. The Morgan fingerprint density at radius 3 is 2.57 bits per heavy atom. The molecule has 112 valence electrons. The molecule has 3 nitrogen and oxygen atoms in total. The van der Waals surface area contributed by atoms with E-state index in [4.69, 9.17) is 5.73 Å². The molecule has 1 saturated carbocycles. The van der Waals surface area contributed by atoms with E-state index in [2.05, 4.69) is 64.6 Å². The number of rotatable bonds is 2. The van der Waals surface area contributed by atoms with E-state index in [1.165, 1.54) is 21.9 Å². The number of pyridine rings is 1. The minimum Gasteiger partial charge on any atom is -0.354 e. The number of nitrogens with two attached hydrogens (primary N) is 1. The third-order valence-electron chi connectivity index (χ3n) is 4.86. The van der Waals surface area contributed by atoms with E-state index in [0.29, 0.717) is 12.0 Å². The van der Waals surface area contributed by atoms with Crippen molar-refractivity contribution in [2.45, 2.75) is 18.4 Å². The van der Waals surface area contributed by atoms with E-state index in [9.17, 15) is 0 Å². The molecule has 2 aromatic heterocycles. The summed E-state index contributed by atoms with van der Waals surface area (Å²) >= 11 is 0. The maximum atomic E-state index is 5.91. The Kier molecular flexibility index (Phi) is 2.61. The average Bonchev–Trinajstić information content (AvgIpc) is 3.21. The summed E-state index contributed by atoms with van der Waals surface area (Å²) in [6.45, 7) is 0. The maximum Gasteiger partial charge on any atom is 0.0702 e. The van der Waals surface area contributed by atoms with Crippen molar-refractivity contribution in [2.24, 2.45) is 5.73 Å². The van der Waals surface area contributed by atoms with Crippen molar-refractivity contribution < 1.29 is 0 Å². The monoisotopic (exact) mass is 299 g/mol. The summed E-state index contributed by atoms with van der Waals surface area (Å²) in [6, 6.07) is 19.5. The summed E-state index contributed by atoms with van der Waals surface area (Å²) < 4.78 is 0. The fourth-order valence-electron chi connectivity index (χ4n) is 3.41. The lowest BCUT2D eigenvalue weighted by atomic mass is 10.1. The number of H-pyrrole nitrogens is 1. The molecule has 3 heteroatoms. The Labute approximate surface area is 134 Å². The second kappa shape index (κ2) is 4.67. The quantitative estimate of drug-likeness (QED) is 0.583. The molecule has 0 radical (unpaired) electrons. The van der Waals surface area contributed by atoms with Gasteiger partial charge in [0.05, 0.1) is 5.69 Å². The summed E-state index contributed by atoms with van der Waals surface area (Å²) in [5.74, 6) is 0.507. The van der Waals surface area contributed by atoms with Crippen molar-refractivity contribution in [3.63, 3.8) is 0 Å². The number of para-hydroxylation sites is 1. The predicted molar refractivity (Wildman–Crippen MR) is 94.4 cm³/mol. The van der Waals surface area contributed by atoms with Crippen LogP contribution in [-0.2, 0) is 0 Å². The summed E-state index contributed by atoms with van der Waals surface area (Å²) in [4.78, 5) is 8.13. The van der Waals surface area contributed by atoms with Crippen LogP contribution in [0.4, 0.5) is 0 Å². The second-order valence-electron chi connectivity index (χ2n) is 6.41. The SMILES string of the molecule is NC1CC1c1ccc(-c2ccc3c(c2)[nH]c2ccccc23)nc1. The molecule has 0 saturated heterocycles. The first-order chi connectivity index (χ1) is 11.3. The third-order valence-corrected chi connectivity index (χ3v) is 4.86. The van der Waals surface area contributed by atoms with Crippen molar-refractivity contribution in [1.82, 2.24) is 9.97 Å². The number of hydrogen-bond acceptors (Lipinski definition) is 2. The van der Waals surface area contributed by atoms with Crippen LogP contribution in [-0.4, -0.2) is 16.0 Å². The molecule has 0 aliphatic heterocycles. The number of fused-ring (bicyclic) bond motifs is 3. The van der Waals surface area contributed by atoms with E-state index in [-0.39, 0.29) is 0 Å². The van der Waals surface area contributed by atoms with Crippen LogP contribution in [0, 0.1) is 0 Å². The van der Waals surface area contributed by atoms with Crippen LogP contribution in [0.2, 0.25) is 0 Å². The smallest absolute Gasteiger partial charge is 0.0702 e. The van der Waals surface area contributed by atoms with E-state index < -0.39 is 0 Å². The molecule has 23 heavy (non-hydrogen) atoms. The zero-order valence-corrected chi connectivity index (χ0v) is 12.7. The van der Waals surface area contributed by atoms with Crippen LogP contribution in [0.25, 0.3) is 33.1 Å². The van der Waals surface area contributed by atoms with E-state index in [1.54, 1.807) is 0 Å². The van der Waals surface area contributed by atoms with Gasteiger partial charge in [-0.3, -0.25) is 4.98 Å². The zero-order chi connectivity index (χ0) is 15.4. The largest absolute Gasteiger partial charge is 0.354 e. The van der Waals surface area contributed by atoms with Gasteiger partial charge in [-0.25, -0.2) is 0 Å². The fourth-order valence-corrected chi connectivity index (χ4v) is 3.41. The van der Waals surface area contributed by atoms with Gasteiger partial charge in [0.15, 0.2) is 0 Å². The van der Waals surface area contributed by atoms with Gasteiger partial charge in [-0.05, 0) is 30.2 Å². The molecule has 4 aromatic rings. The number of nitrogens with zero attached hydrogens (tertiary/aromatic N) is 1. The Morgan fingerprint density at radius 1 is 0.957 bits per heavy atom. The number of hydrogen-bond donors (Lipinski definition) is 2. The van der Waals surface area contributed by atoms with Gasteiger partial charge in [-0.15, -0.1) is 0 Å². The van der Waals surface area contributed by atoms with Crippen molar-refractivity contribution >= 4 is 21.8 Å². The maximum absolute atomic E-state index is 5.91. The molecule has 2 aromatic carbocycles. The van der Waals surface area contributed by atoms with Crippen LogP contribution < -0.4 is 5.73 Å². The first-order valence-electron chi connectivity index (χ1n) is 8.02. The van der Waals surface area contributed by atoms with Gasteiger partial charge >= 0.3 is 0 Å². The van der Waals surface area contributed by atoms with Gasteiger partial charge in [-0.1, -0.05) is 36.4 Å². The lowest BCUT2D eigenvalue weighted by Crippen LogP contribution is -2.01. The number of aromatic nitrogens is 2. The van der Waals surface area contributed by atoms with Crippen molar-refractivity contribution in [2.75, 3.05) is 0 Å². The van der Waals surface area contributed by atoms with Crippen LogP contribution >= 0.6 is 0 Å². The highest BCUT2D eigenvalue weighted by atomic mass is 14.8. The van der Waals surface area contributed by atoms with E-state index in [0.717, 1.165) is 23.2 Å². The minimum absolute atomic E-state index is 0.324. The number of aromatic amines is 1. The van der Waals surface area contributed by atoms with Crippen LogP contribution in [0.3, 0.4) is 0 Å². The molecular formula is C20H17N3. The normalized spacial score (nSPS) is 20.2. The highest BCUT2D eigenvalue weighted by Crippen LogP contribution is 2.39. The Morgan fingerprint density at radius 2 is 1.78 bits per heavy atom. The first kappa shape index (κ1) is 12.9. The van der Waals surface area contributed by atoms with Gasteiger partial charge in [0.2, 0.25) is 0 Å². The van der Waals surface area contributed by atoms with Gasteiger partial charge < -0.3 is 10.7 Å². The minimum atomic E-state index is 0.324. The number of nitrogens with one attached hydrogen (secondary N) is 1. The molecule has 2 unspecified atom stereocenters. The molecule has 0 spiro atoms. The Balaban J connectivity index is 1.58.